The summed E-state index contributed by atoms with van der Waals surface area (Å²) in [6.45, 7) is 5.49. The van der Waals surface area contributed by atoms with Crippen LogP contribution in [0, 0.1) is 18.3 Å². The van der Waals surface area contributed by atoms with E-state index < -0.39 is 22.0 Å². The molecule has 0 saturated carbocycles. The zero-order valence-corrected chi connectivity index (χ0v) is 16.9. The van der Waals surface area contributed by atoms with Gasteiger partial charge >= 0.3 is 0 Å². The van der Waals surface area contributed by atoms with Gasteiger partial charge in [0.2, 0.25) is 10.0 Å². The molecule has 0 aliphatic heterocycles. The maximum absolute atomic E-state index is 12.3. The Balaban J connectivity index is 2.67. The summed E-state index contributed by atoms with van der Waals surface area (Å²) >= 11 is 0. The van der Waals surface area contributed by atoms with Crippen molar-refractivity contribution in [3.63, 3.8) is 0 Å². The van der Waals surface area contributed by atoms with Crippen LogP contribution in [0.2, 0.25) is 0 Å². The van der Waals surface area contributed by atoms with Crippen molar-refractivity contribution in [1.29, 1.82) is 0 Å². The van der Waals surface area contributed by atoms with Gasteiger partial charge in [0.25, 0.3) is 5.91 Å². The SMILES string of the molecule is C#CCOc1ccc(CNNC(=O)[C@@H](NS(=O)(=O)CC)C(C)C)cc1OC. The average molecular weight is 397 g/mol. The van der Waals surface area contributed by atoms with E-state index in [1.54, 1.807) is 32.0 Å². The zero-order valence-electron chi connectivity index (χ0n) is 16.0. The molecule has 1 aromatic rings. The Morgan fingerprint density at radius 2 is 2.00 bits per heavy atom. The standard InChI is InChI=1S/C18H27N3O5S/c1-6-10-26-15-9-8-14(11-16(15)25-5)12-19-20-18(22)17(13(3)4)21-27(23,24)7-2/h1,8-9,11,13,17,19,21H,7,10,12H2,2-5H3,(H,20,22)/t17-/m0/s1. The molecule has 3 N–H and O–H groups in total. The van der Waals surface area contributed by atoms with E-state index in [-0.39, 0.29) is 18.3 Å². The first-order valence-electron chi connectivity index (χ1n) is 8.50. The maximum Gasteiger partial charge on any atom is 0.252 e. The van der Waals surface area contributed by atoms with Crippen LogP contribution in [0.5, 0.6) is 11.5 Å². The molecule has 0 unspecified atom stereocenters. The second-order valence-electron chi connectivity index (χ2n) is 6.06. The van der Waals surface area contributed by atoms with Gasteiger partial charge in [-0.15, -0.1) is 6.42 Å². The molecule has 27 heavy (non-hydrogen) atoms. The number of amides is 1. The molecule has 0 fully saturated rings. The fourth-order valence-electron chi connectivity index (χ4n) is 2.14. The largest absolute Gasteiger partial charge is 0.493 e. The lowest BCUT2D eigenvalue weighted by atomic mass is 10.1. The van der Waals surface area contributed by atoms with E-state index in [0.717, 1.165) is 5.56 Å². The molecular weight excluding hydrogens is 370 g/mol. The van der Waals surface area contributed by atoms with Gasteiger partial charge in [0, 0.05) is 6.54 Å². The molecule has 9 heteroatoms. The Hall–Kier alpha value is -2.28. The fraction of sp³-hybridized carbons (Fsp3) is 0.500. The first-order valence-corrected chi connectivity index (χ1v) is 10.1. The minimum Gasteiger partial charge on any atom is -0.493 e. The lowest BCUT2D eigenvalue weighted by molar-refractivity contribution is -0.124. The van der Waals surface area contributed by atoms with Crippen LogP contribution in [0.1, 0.15) is 26.3 Å². The number of carbonyl (C=O) groups is 1. The molecule has 0 aromatic heterocycles. The summed E-state index contributed by atoms with van der Waals surface area (Å²) in [4.78, 5) is 12.3. The van der Waals surface area contributed by atoms with Crippen LogP contribution >= 0.6 is 0 Å². The zero-order chi connectivity index (χ0) is 20.4. The summed E-state index contributed by atoms with van der Waals surface area (Å²) in [5.74, 6) is 2.67. The van der Waals surface area contributed by atoms with Gasteiger partial charge in [-0.1, -0.05) is 25.8 Å². The number of rotatable bonds is 11. The predicted molar refractivity (Wildman–Crippen MR) is 104 cm³/mol. The number of terminal acetylenes is 1. The Kier molecular flexibility index (Phi) is 9.08. The predicted octanol–water partition coefficient (Wildman–Crippen LogP) is 0.792. The van der Waals surface area contributed by atoms with Crippen LogP contribution in [0.25, 0.3) is 0 Å². The van der Waals surface area contributed by atoms with Crippen molar-refractivity contribution >= 4 is 15.9 Å². The van der Waals surface area contributed by atoms with Gasteiger partial charge in [0.05, 0.1) is 12.9 Å². The lowest BCUT2D eigenvalue weighted by Crippen LogP contribution is -2.53. The average Bonchev–Trinajstić information content (AvgIpc) is 2.64. The van der Waals surface area contributed by atoms with Gasteiger partial charge in [0.15, 0.2) is 11.5 Å². The van der Waals surface area contributed by atoms with E-state index in [0.29, 0.717) is 18.0 Å². The number of benzene rings is 1. The van der Waals surface area contributed by atoms with Crippen molar-refractivity contribution in [2.45, 2.75) is 33.4 Å². The van der Waals surface area contributed by atoms with Gasteiger partial charge in [-0.05, 0) is 30.5 Å². The normalized spacial score (nSPS) is 12.3. The molecule has 8 nitrogen and oxygen atoms in total. The molecule has 0 aliphatic carbocycles. The summed E-state index contributed by atoms with van der Waals surface area (Å²) in [7, 11) is -1.97. The van der Waals surface area contributed by atoms with E-state index in [1.807, 2.05) is 0 Å². The second kappa shape index (κ2) is 10.8. The molecule has 1 atom stereocenters. The van der Waals surface area contributed by atoms with Crippen molar-refractivity contribution in [2.24, 2.45) is 5.92 Å². The van der Waals surface area contributed by atoms with E-state index in [1.165, 1.54) is 14.0 Å². The monoisotopic (exact) mass is 397 g/mol. The summed E-state index contributed by atoms with van der Waals surface area (Å²) in [5.41, 5.74) is 6.15. The smallest absolute Gasteiger partial charge is 0.252 e. The quantitative estimate of drug-likeness (QED) is 0.377. The molecular formula is C18H27N3O5S. The molecule has 0 spiro atoms. The molecule has 1 amide bonds. The third kappa shape index (κ3) is 7.46. The minimum absolute atomic E-state index is 0.0924. The molecule has 150 valence electrons. The lowest BCUT2D eigenvalue weighted by Gasteiger charge is -2.21. The van der Waals surface area contributed by atoms with Crippen molar-refractivity contribution < 1.29 is 22.7 Å². The molecule has 0 saturated heterocycles. The third-order valence-electron chi connectivity index (χ3n) is 3.68. The van der Waals surface area contributed by atoms with Gasteiger partial charge in [0.1, 0.15) is 12.6 Å². The van der Waals surface area contributed by atoms with E-state index in [4.69, 9.17) is 15.9 Å². The van der Waals surface area contributed by atoms with E-state index in [9.17, 15) is 13.2 Å². The summed E-state index contributed by atoms with van der Waals surface area (Å²) in [6.07, 6.45) is 5.18. The van der Waals surface area contributed by atoms with Crippen molar-refractivity contribution in [3.05, 3.63) is 23.8 Å². The van der Waals surface area contributed by atoms with Crippen molar-refractivity contribution in [2.75, 3.05) is 19.5 Å². The Labute approximate surface area is 161 Å². The Morgan fingerprint density at radius 3 is 2.56 bits per heavy atom. The highest BCUT2D eigenvalue weighted by Gasteiger charge is 2.26. The highest BCUT2D eigenvalue weighted by molar-refractivity contribution is 7.89. The van der Waals surface area contributed by atoms with Gasteiger partial charge in [-0.25, -0.2) is 18.6 Å². The van der Waals surface area contributed by atoms with Crippen LogP contribution in [0.15, 0.2) is 18.2 Å². The highest BCUT2D eigenvalue weighted by atomic mass is 32.2. The van der Waals surface area contributed by atoms with E-state index in [2.05, 4.69) is 21.5 Å². The summed E-state index contributed by atoms with van der Waals surface area (Å²) in [6, 6.07) is 4.41. The number of hydrogen-bond donors (Lipinski definition) is 3. The number of ether oxygens (including phenoxy) is 2. The number of nitrogens with one attached hydrogen (secondary N) is 3. The number of hydrazine groups is 1. The highest BCUT2D eigenvalue weighted by Crippen LogP contribution is 2.27. The Bertz CT molecular complexity index is 772. The number of carbonyl (C=O) groups excluding carboxylic acids is 1. The summed E-state index contributed by atoms with van der Waals surface area (Å²) in [5, 5.41) is 0. The van der Waals surface area contributed by atoms with Crippen molar-refractivity contribution in [1.82, 2.24) is 15.6 Å². The molecule has 1 aromatic carbocycles. The fourth-order valence-corrected chi connectivity index (χ4v) is 3.07. The molecule has 0 heterocycles. The van der Waals surface area contributed by atoms with Gasteiger partial charge in [-0.3, -0.25) is 10.2 Å². The minimum atomic E-state index is -3.49. The van der Waals surface area contributed by atoms with Crippen LogP contribution in [0.4, 0.5) is 0 Å². The second-order valence-corrected chi connectivity index (χ2v) is 8.11. The number of methoxy groups -OCH3 is 1. The first kappa shape index (κ1) is 22.8. The van der Waals surface area contributed by atoms with E-state index >= 15 is 0 Å². The van der Waals surface area contributed by atoms with Gasteiger partial charge < -0.3 is 9.47 Å². The first-order chi connectivity index (χ1) is 12.7. The van der Waals surface area contributed by atoms with Crippen LogP contribution in [0.3, 0.4) is 0 Å². The van der Waals surface area contributed by atoms with Crippen LogP contribution in [-0.2, 0) is 21.4 Å². The number of sulfonamides is 1. The maximum atomic E-state index is 12.3. The van der Waals surface area contributed by atoms with Crippen molar-refractivity contribution in [3.8, 4) is 23.8 Å². The Morgan fingerprint density at radius 1 is 1.30 bits per heavy atom. The molecule has 0 aliphatic rings. The topological polar surface area (TPSA) is 106 Å². The van der Waals surface area contributed by atoms with Crippen LogP contribution < -0.4 is 25.0 Å². The van der Waals surface area contributed by atoms with Gasteiger partial charge in [-0.2, -0.15) is 0 Å². The molecule has 0 bridgehead atoms. The summed E-state index contributed by atoms with van der Waals surface area (Å²) < 4.78 is 36.5. The van der Waals surface area contributed by atoms with Crippen LogP contribution in [-0.4, -0.2) is 39.8 Å². The third-order valence-corrected chi connectivity index (χ3v) is 5.05. The molecule has 1 rings (SSSR count). The molecule has 0 radical (unpaired) electrons. The number of hydrogen-bond acceptors (Lipinski definition) is 6.